The van der Waals surface area contributed by atoms with Crippen molar-refractivity contribution in [2.24, 2.45) is 0 Å². The fourth-order valence-corrected chi connectivity index (χ4v) is 3.56. The van der Waals surface area contributed by atoms with Crippen LogP contribution in [0.25, 0.3) is 0 Å². The summed E-state index contributed by atoms with van der Waals surface area (Å²) in [5.41, 5.74) is 1.04. The number of nitro groups is 2. The van der Waals surface area contributed by atoms with Gasteiger partial charge in [0, 0.05) is 30.2 Å². The van der Waals surface area contributed by atoms with Crippen molar-refractivity contribution in [3.63, 3.8) is 0 Å². The highest BCUT2D eigenvalue weighted by Gasteiger charge is 2.25. The molecule has 0 atom stereocenters. The van der Waals surface area contributed by atoms with Gasteiger partial charge < -0.3 is 30.5 Å². The van der Waals surface area contributed by atoms with Gasteiger partial charge in [0.2, 0.25) is 0 Å². The predicted molar refractivity (Wildman–Crippen MR) is 137 cm³/mol. The van der Waals surface area contributed by atoms with E-state index in [4.69, 9.17) is 4.74 Å². The number of rotatable bonds is 13. The third-order valence-corrected chi connectivity index (χ3v) is 5.20. The fourth-order valence-electron chi connectivity index (χ4n) is 3.56. The van der Waals surface area contributed by atoms with E-state index in [0.29, 0.717) is 36.8 Å². The summed E-state index contributed by atoms with van der Waals surface area (Å²) in [7, 11) is 0. The third-order valence-electron chi connectivity index (χ3n) is 5.20. The highest BCUT2D eigenvalue weighted by atomic mass is 16.6. The van der Waals surface area contributed by atoms with Gasteiger partial charge in [0.05, 0.1) is 35.7 Å². The standard InChI is InChI=1S/C24H27N5O7/c1-2-36-20-9-5-18(6-10-20)26-22-15-21(23(28(32)33)16-24(22)29(34)35)25-17-3-7-19(8-4-17)27(11-13-30)12-14-31/h3-10,15-16,25-26,30-31H,2,11-14H2,1H3. The molecular weight excluding hydrogens is 470 g/mol. The molecule has 4 N–H and O–H groups in total. The molecule has 0 saturated carbocycles. The molecule has 0 radical (unpaired) electrons. The quantitative estimate of drug-likeness (QED) is 0.199. The lowest BCUT2D eigenvalue weighted by Gasteiger charge is -2.23. The van der Waals surface area contributed by atoms with Crippen LogP contribution in [0.2, 0.25) is 0 Å². The average molecular weight is 498 g/mol. The van der Waals surface area contributed by atoms with E-state index < -0.39 is 21.2 Å². The largest absolute Gasteiger partial charge is 0.494 e. The average Bonchev–Trinajstić information content (AvgIpc) is 2.85. The Bertz CT molecular complexity index is 1180. The maximum atomic E-state index is 11.7. The first-order valence-electron chi connectivity index (χ1n) is 11.2. The van der Waals surface area contributed by atoms with Crippen LogP contribution < -0.4 is 20.3 Å². The summed E-state index contributed by atoms with van der Waals surface area (Å²) in [5.74, 6) is 0.642. The summed E-state index contributed by atoms with van der Waals surface area (Å²) in [5, 5.41) is 47.7. The predicted octanol–water partition coefficient (Wildman–Crippen LogP) is 4.18. The molecule has 0 amide bonds. The highest BCUT2D eigenvalue weighted by molar-refractivity contribution is 5.82. The SMILES string of the molecule is CCOc1ccc(Nc2cc(Nc3ccc(N(CCO)CCO)cc3)c([N+](=O)[O-])cc2[N+](=O)[O-])cc1. The number of nitrogens with one attached hydrogen (secondary N) is 2. The van der Waals surface area contributed by atoms with Crippen molar-refractivity contribution < 1.29 is 24.8 Å². The van der Waals surface area contributed by atoms with Crippen LogP contribution in [0.3, 0.4) is 0 Å². The first-order chi connectivity index (χ1) is 17.4. The minimum absolute atomic E-state index is 0.0642. The second kappa shape index (κ2) is 12.3. The summed E-state index contributed by atoms with van der Waals surface area (Å²) in [4.78, 5) is 23.8. The van der Waals surface area contributed by atoms with E-state index >= 15 is 0 Å². The molecule has 190 valence electrons. The van der Waals surface area contributed by atoms with E-state index in [9.17, 15) is 30.4 Å². The van der Waals surface area contributed by atoms with Gasteiger partial charge >= 0.3 is 0 Å². The number of benzene rings is 3. The van der Waals surface area contributed by atoms with Crippen LogP contribution in [0.15, 0.2) is 60.7 Å². The molecule has 0 spiro atoms. The minimum atomic E-state index is -0.686. The molecule has 0 aliphatic rings. The zero-order chi connectivity index (χ0) is 26.1. The topological polar surface area (TPSA) is 163 Å². The van der Waals surface area contributed by atoms with Gasteiger partial charge in [0.1, 0.15) is 17.1 Å². The van der Waals surface area contributed by atoms with Gasteiger partial charge in [-0.3, -0.25) is 20.2 Å². The molecule has 0 saturated heterocycles. The molecule has 3 aromatic carbocycles. The Balaban J connectivity index is 1.93. The van der Waals surface area contributed by atoms with Gasteiger partial charge in [-0.05, 0) is 61.5 Å². The number of anilines is 5. The molecule has 36 heavy (non-hydrogen) atoms. The highest BCUT2D eigenvalue weighted by Crippen LogP contribution is 2.39. The number of aliphatic hydroxyl groups excluding tert-OH is 2. The Morgan fingerprint density at radius 2 is 1.28 bits per heavy atom. The molecule has 0 unspecified atom stereocenters. The van der Waals surface area contributed by atoms with Crippen molar-refractivity contribution in [3.8, 4) is 5.75 Å². The first kappa shape index (κ1) is 26.2. The lowest BCUT2D eigenvalue weighted by molar-refractivity contribution is -0.393. The smallest absolute Gasteiger partial charge is 0.299 e. The molecular formula is C24H27N5O7. The van der Waals surface area contributed by atoms with Crippen molar-refractivity contribution in [3.05, 3.63) is 80.9 Å². The molecule has 0 fully saturated rings. The van der Waals surface area contributed by atoms with E-state index in [2.05, 4.69) is 10.6 Å². The van der Waals surface area contributed by atoms with Crippen LogP contribution in [0.4, 0.5) is 39.8 Å². The lowest BCUT2D eigenvalue weighted by Crippen LogP contribution is -2.29. The van der Waals surface area contributed by atoms with Gasteiger partial charge in [-0.15, -0.1) is 0 Å². The Morgan fingerprint density at radius 1 is 0.806 bits per heavy atom. The van der Waals surface area contributed by atoms with E-state index in [0.717, 1.165) is 11.8 Å². The van der Waals surface area contributed by atoms with Crippen molar-refractivity contribution in [2.45, 2.75) is 6.92 Å². The molecule has 0 aromatic heterocycles. The number of nitro benzene ring substituents is 2. The maximum absolute atomic E-state index is 11.7. The molecule has 12 heteroatoms. The minimum Gasteiger partial charge on any atom is -0.494 e. The number of nitrogens with zero attached hydrogens (tertiary/aromatic N) is 3. The van der Waals surface area contributed by atoms with Crippen LogP contribution in [-0.4, -0.2) is 53.0 Å². The summed E-state index contributed by atoms with van der Waals surface area (Å²) < 4.78 is 5.40. The number of ether oxygens (including phenoxy) is 1. The summed E-state index contributed by atoms with van der Waals surface area (Å²) in [6, 6.07) is 15.9. The molecule has 0 bridgehead atoms. The van der Waals surface area contributed by atoms with Gasteiger partial charge in [0.15, 0.2) is 0 Å². The van der Waals surface area contributed by atoms with Crippen LogP contribution >= 0.6 is 0 Å². The molecule has 0 aliphatic carbocycles. The van der Waals surface area contributed by atoms with E-state index in [-0.39, 0.29) is 24.6 Å². The Morgan fingerprint density at radius 3 is 1.69 bits per heavy atom. The van der Waals surface area contributed by atoms with Crippen LogP contribution in [0, 0.1) is 20.2 Å². The second-order valence-corrected chi connectivity index (χ2v) is 7.59. The zero-order valence-corrected chi connectivity index (χ0v) is 19.6. The van der Waals surface area contributed by atoms with Crippen molar-refractivity contribution in [1.29, 1.82) is 0 Å². The summed E-state index contributed by atoms with van der Waals surface area (Å²) >= 11 is 0. The number of hydrogen-bond donors (Lipinski definition) is 4. The maximum Gasteiger partial charge on any atom is 0.299 e. The third kappa shape index (κ3) is 6.58. The van der Waals surface area contributed by atoms with Crippen LogP contribution in [-0.2, 0) is 0 Å². The number of aliphatic hydroxyl groups is 2. The van der Waals surface area contributed by atoms with Crippen molar-refractivity contribution >= 4 is 39.8 Å². The molecule has 0 heterocycles. The molecule has 3 aromatic rings. The summed E-state index contributed by atoms with van der Waals surface area (Å²) in [6.07, 6.45) is 0. The second-order valence-electron chi connectivity index (χ2n) is 7.59. The van der Waals surface area contributed by atoms with Crippen molar-refractivity contribution in [2.75, 3.05) is 48.4 Å². The molecule has 12 nitrogen and oxygen atoms in total. The van der Waals surface area contributed by atoms with Crippen LogP contribution in [0.1, 0.15) is 6.92 Å². The van der Waals surface area contributed by atoms with Gasteiger partial charge in [-0.1, -0.05) is 0 Å². The Kier molecular flexibility index (Phi) is 8.97. The monoisotopic (exact) mass is 497 g/mol. The van der Waals surface area contributed by atoms with Crippen LogP contribution in [0.5, 0.6) is 5.75 Å². The first-order valence-corrected chi connectivity index (χ1v) is 11.2. The molecule has 0 aliphatic heterocycles. The van der Waals surface area contributed by atoms with E-state index in [1.54, 1.807) is 53.4 Å². The van der Waals surface area contributed by atoms with E-state index in [1.165, 1.54) is 6.07 Å². The van der Waals surface area contributed by atoms with Gasteiger partial charge in [-0.2, -0.15) is 0 Å². The normalized spacial score (nSPS) is 10.5. The van der Waals surface area contributed by atoms with Gasteiger partial charge in [-0.25, -0.2) is 0 Å². The lowest BCUT2D eigenvalue weighted by atomic mass is 10.1. The number of hydrogen-bond acceptors (Lipinski definition) is 10. The van der Waals surface area contributed by atoms with E-state index in [1.807, 2.05) is 6.92 Å². The van der Waals surface area contributed by atoms with Gasteiger partial charge in [0.25, 0.3) is 11.4 Å². The Hall–Kier alpha value is -4.42. The van der Waals surface area contributed by atoms with Crippen molar-refractivity contribution in [1.82, 2.24) is 0 Å². The summed E-state index contributed by atoms with van der Waals surface area (Å²) in [6.45, 7) is 2.86. The Labute approximate surface area is 207 Å². The zero-order valence-electron chi connectivity index (χ0n) is 19.6. The molecule has 3 rings (SSSR count). The fraction of sp³-hybridized carbons (Fsp3) is 0.250.